The molecule has 0 aliphatic carbocycles. The van der Waals surface area contributed by atoms with Crippen molar-refractivity contribution in [2.75, 3.05) is 13.2 Å². The third-order valence-corrected chi connectivity index (χ3v) is 3.04. The maximum absolute atomic E-state index is 11.3. The van der Waals surface area contributed by atoms with Crippen LogP contribution < -0.4 is 0 Å². The topological polar surface area (TPSA) is 29.5 Å². The van der Waals surface area contributed by atoms with Gasteiger partial charge in [-0.05, 0) is 33.1 Å². The lowest BCUT2D eigenvalue weighted by atomic mass is 10.1. The quantitative estimate of drug-likeness (QED) is 0.647. The Kier molecular flexibility index (Phi) is 4.39. The summed E-state index contributed by atoms with van der Waals surface area (Å²) in [6.07, 6.45) is 3.55. The van der Waals surface area contributed by atoms with Crippen LogP contribution in [0.3, 0.4) is 0 Å². The molecule has 1 heterocycles. The summed E-state index contributed by atoms with van der Waals surface area (Å²) in [5.41, 5.74) is 0. The Morgan fingerprint density at radius 3 is 2.71 bits per heavy atom. The predicted molar refractivity (Wildman–Crippen MR) is 56.1 cm³/mol. The second kappa shape index (κ2) is 5.35. The van der Waals surface area contributed by atoms with Crippen LogP contribution in [0.15, 0.2) is 0 Å². The number of esters is 1. The minimum atomic E-state index is -0.0836. The first-order chi connectivity index (χ1) is 6.69. The molecule has 0 N–H and O–H groups in total. The van der Waals surface area contributed by atoms with Gasteiger partial charge in [0.25, 0.3) is 0 Å². The van der Waals surface area contributed by atoms with Gasteiger partial charge in [-0.15, -0.1) is 0 Å². The first-order valence-corrected chi connectivity index (χ1v) is 5.60. The highest BCUT2D eigenvalue weighted by atomic mass is 16.5. The molecule has 0 aromatic rings. The summed E-state index contributed by atoms with van der Waals surface area (Å²) < 4.78 is 4.96. The van der Waals surface area contributed by atoms with Crippen LogP contribution in [0, 0.1) is 0 Å². The van der Waals surface area contributed by atoms with E-state index >= 15 is 0 Å². The molecule has 2 unspecified atom stereocenters. The molecule has 1 rings (SSSR count). The van der Waals surface area contributed by atoms with E-state index in [0.717, 1.165) is 6.42 Å². The average Bonchev–Trinajstić information content (AvgIpc) is 2.48. The van der Waals surface area contributed by atoms with Gasteiger partial charge >= 0.3 is 5.97 Å². The highest BCUT2D eigenvalue weighted by Gasteiger charge is 2.30. The molecule has 0 saturated carbocycles. The highest BCUT2D eigenvalue weighted by molar-refractivity contribution is 5.71. The number of hydrogen-bond donors (Lipinski definition) is 0. The first kappa shape index (κ1) is 11.5. The molecule has 0 bridgehead atoms. The van der Waals surface area contributed by atoms with E-state index in [1.807, 2.05) is 6.92 Å². The zero-order valence-electron chi connectivity index (χ0n) is 9.45. The smallest absolute Gasteiger partial charge is 0.320 e. The maximum atomic E-state index is 11.3. The van der Waals surface area contributed by atoms with Crippen LogP contribution in [0.2, 0.25) is 0 Å². The molecule has 0 radical (unpaired) electrons. The maximum Gasteiger partial charge on any atom is 0.320 e. The van der Waals surface area contributed by atoms with E-state index in [1.165, 1.54) is 12.8 Å². The first-order valence-electron chi connectivity index (χ1n) is 5.60. The fourth-order valence-corrected chi connectivity index (χ4v) is 2.20. The van der Waals surface area contributed by atoms with E-state index in [2.05, 4.69) is 18.7 Å². The summed E-state index contributed by atoms with van der Waals surface area (Å²) in [7, 11) is 0. The molecule has 1 aliphatic rings. The number of carbonyl (C=O) groups excluding carboxylic acids is 1. The van der Waals surface area contributed by atoms with Crippen molar-refractivity contribution in [2.24, 2.45) is 0 Å². The Hall–Kier alpha value is -0.570. The van der Waals surface area contributed by atoms with Crippen molar-refractivity contribution in [3.8, 4) is 0 Å². The zero-order valence-corrected chi connectivity index (χ0v) is 9.45. The molecule has 1 aliphatic heterocycles. The number of likely N-dealkylation sites (tertiary alicyclic amines) is 1. The van der Waals surface area contributed by atoms with Gasteiger partial charge in [0.05, 0.1) is 13.2 Å². The normalized spacial score (nSPS) is 27.9. The van der Waals surface area contributed by atoms with E-state index in [1.54, 1.807) is 0 Å². The van der Waals surface area contributed by atoms with E-state index in [4.69, 9.17) is 4.74 Å². The molecule has 3 heteroatoms. The second-order valence-electron chi connectivity index (χ2n) is 3.97. The number of carbonyl (C=O) groups is 1. The molecular formula is C11H21NO2. The SMILES string of the molecule is CCOC(=O)CN1C(C)CCC1CC. The van der Waals surface area contributed by atoms with E-state index in [0.29, 0.717) is 25.2 Å². The molecule has 82 valence electrons. The van der Waals surface area contributed by atoms with Crippen molar-refractivity contribution < 1.29 is 9.53 Å². The Labute approximate surface area is 86.4 Å². The van der Waals surface area contributed by atoms with Gasteiger partial charge in [-0.1, -0.05) is 6.92 Å². The molecule has 0 amide bonds. The number of rotatable bonds is 4. The van der Waals surface area contributed by atoms with Crippen molar-refractivity contribution >= 4 is 5.97 Å². The number of ether oxygens (including phenoxy) is 1. The van der Waals surface area contributed by atoms with Gasteiger partial charge in [-0.2, -0.15) is 0 Å². The summed E-state index contributed by atoms with van der Waals surface area (Å²) in [6, 6.07) is 1.11. The number of hydrogen-bond acceptors (Lipinski definition) is 3. The van der Waals surface area contributed by atoms with Gasteiger partial charge in [-0.25, -0.2) is 0 Å². The lowest BCUT2D eigenvalue weighted by molar-refractivity contribution is -0.145. The molecule has 2 atom stereocenters. The fraction of sp³-hybridized carbons (Fsp3) is 0.909. The van der Waals surface area contributed by atoms with Gasteiger partial charge in [0, 0.05) is 12.1 Å². The Balaban J connectivity index is 2.44. The molecule has 0 aromatic heterocycles. The van der Waals surface area contributed by atoms with Crippen LogP contribution >= 0.6 is 0 Å². The lowest BCUT2D eigenvalue weighted by Crippen LogP contribution is -2.39. The number of nitrogens with zero attached hydrogens (tertiary/aromatic N) is 1. The summed E-state index contributed by atoms with van der Waals surface area (Å²) in [4.78, 5) is 13.6. The van der Waals surface area contributed by atoms with E-state index in [9.17, 15) is 4.79 Å². The van der Waals surface area contributed by atoms with Crippen LogP contribution in [-0.2, 0) is 9.53 Å². The van der Waals surface area contributed by atoms with E-state index < -0.39 is 0 Å². The molecular weight excluding hydrogens is 178 g/mol. The highest BCUT2D eigenvalue weighted by Crippen LogP contribution is 2.25. The average molecular weight is 199 g/mol. The van der Waals surface area contributed by atoms with Crippen LogP contribution in [0.1, 0.15) is 40.0 Å². The molecule has 0 aromatic carbocycles. The summed E-state index contributed by atoms with van der Waals surface area (Å²) >= 11 is 0. The van der Waals surface area contributed by atoms with Crippen molar-refractivity contribution in [2.45, 2.75) is 52.1 Å². The monoisotopic (exact) mass is 199 g/mol. The summed E-state index contributed by atoms with van der Waals surface area (Å²) in [5, 5.41) is 0. The largest absolute Gasteiger partial charge is 0.465 e. The van der Waals surface area contributed by atoms with E-state index in [-0.39, 0.29) is 5.97 Å². The zero-order chi connectivity index (χ0) is 10.6. The Morgan fingerprint density at radius 2 is 2.14 bits per heavy atom. The summed E-state index contributed by atoms with van der Waals surface area (Å²) in [6.45, 7) is 7.17. The Morgan fingerprint density at radius 1 is 1.43 bits per heavy atom. The minimum Gasteiger partial charge on any atom is -0.465 e. The molecule has 1 fully saturated rings. The van der Waals surface area contributed by atoms with Crippen molar-refractivity contribution in [3.05, 3.63) is 0 Å². The lowest BCUT2D eigenvalue weighted by Gasteiger charge is -2.26. The molecule has 14 heavy (non-hydrogen) atoms. The van der Waals surface area contributed by atoms with Crippen molar-refractivity contribution in [3.63, 3.8) is 0 Å². The minimum absolute atomic E-state index is 0.0836. The fourth-order valence-electron chi connectivity index (χ4n) is 2.20. The standard InChI is InChI=1S/C11H21NO2/c1-4-10-7-6-9(3)12(10)8-11(13)14-5-2/h9-10H,4-8H2,1-3H3. The van der Waals surface area contributed by atoms with Gasteiger partial charge in [0.2, 0.25) is 0 Å². The molecule has 0 spiro atoms. The van der Waals surface area contributed by atoms with Gasteiger partial charge < -0.3 is 4.74 Å². The van der Waals surface area contributed by atoms with Crippen LogP contribution in [-0.4, -0.2) is 36.1 Å². The predicted octanol–water partition coefficient (Wildman–Crippen LogP) is 1.81. The second-order valence-corrected chi connectivity index (χ2v) is 3.97. The van der Waals surface area contributed by atoms with Crippen molar-refractivity contribution in [1.82, 2.24) is 4.90 Å². The third-order valence-electron chi connectivity index (χ3n) is 3.04. The van der Waals surface area contributed by atoms with Crippen molar-refractivity contribution in [1.29, 1.82) is 0 Å². The van der Waals surface area contributed by atoms with Crippen LogP contribution in [0.4, 0.5) is 0 Å². The third kappa shape index (κ3) is 2.71. The molecule has 1 saturated heterocycles. The van der Waals surface area contributed by atoms with Crippen LogP contribution in [0.25, 0.3) is 0 Å². The Bertz CT molecular complexity index is 194. The van der Waals surface area contributed by atoms with Crippen LogP contribution in [0.5, 0.6) is 0 Å². The summed E-state index contributed by atoms with van der Waals surface area (Å²) in [5.74, 6) is -0.0836. The van der Waals surface area contributed by atoms with Gasteiger partial charge in [0.15, 0.2) is 0 Å². The van der Waals surface area contributed by atoms with Gasteiger partial charge in [0.1, 0.15) is 0 Å². The van der Waals surface area contributed by atoms with Gasteiger partial charge in [-0.3, -0.25) is 9.69 Å². The molecule has 3 nitrogen and oxygen atoms in total.